The van der Waals surface area contributed by atoms with Crippen LogP contribution in [0.15, 0.2) is 76.2 Å². The van der Waals surface area contributed by atoms with Crippen LogP contribution in [0.1, 0.15) is 24.1 Å². The Bertz CT molecular complexity index is 1310. The molecule has 6 nitrogen and oxygen atoms in total. The summed E-state index contributed by atoms with van der Waals surface area (Å²) in [5, 5.41) is 11.1. The highest BCUT2D eigenvalue weighted by Crippen LogP contribution is 2.30. The number of hydrogen-bond donors (Lipinski definition) is 2. The Kier molecular flexibility index (Phi) is 4.86. The second-order valence-corrected chi connectivity index (χ2v) is 8.56. The number of carbonyl (C=O) groups is 1. The first-order chi connectivity index (χ1) is 13.8. The topological polar surface area (TPSA) is 102 Å². The number of amides is 1. The number of nitrogens with one attached hydrogen (secondary N) is 1. The monoisotopic (exact) mass is 408 g/mol. The van der Waals surface area contributed by atoms with E-state index in [1.54, 1.807) is 18.4 Å². The molecule has 7 heteroatoms. The largest absolute Gasteiger partial charge is 0.464 e. The number of rotatable bonds is 5. The number of nitrogens with two attached hydrogens (primary N) is 1. The third-order valence-corrected chi connectivity index (χ3v) is 5.91. The third kappa shape index (κ3) is 3.87. The number of furan rings is 1. The third-order valence-electron chi connectivity index (χ3n) is 4.98. The summed E-state index contributed by atoms with van der Waals surface area (Å²) in [6.45, 7) is 1.84. The van der Waals surface area contributed by atoms with E-state index < -0.39 is 10.0 Å². The van der Waals surface area contributed by atoms with Gasteiger partial charge in [-0.3, -0.25) is 4.79 Å². The molecule has 0 spiro atoms. The zero-order chi connectivity index (χ0) is 20.6. The van der Waals surface area contributed by atoms with Gasteiger partial charge in [0.2, 0.25) is 15.9 Å². The molecule has 0 saturated heterocycles. The maximum Gasteiger partial charge on any atom is 0.238 e. The van der Waals surface area contributed by atoms with Crippen molar-refractivity contribution in [2.45, 2.75) is 24.3 Å². The molecule has 0 aliphatic rings. The second-order valence-electron chi connectivity index (χ2n) is 7.00. The van der Waals surface area contributed by atoms with Crippen molar-refractivity contribution in [3.8, 4) is 0 Å². The molecule has 0 aliphatic heterocycles. The van der Waals surface area contributed by atoms with Crippen LogP contribution in [0.25, 0.3) is 21.7 Å². The van der Waals surface area contributed by atoms with Crippen LogP contribution in [-0.2, 0) is 21.2 Å². The van der Waals surface area contributed by atoms with Gasteiger partial charge < -0.3 is 9.73 Å². The first-order valence-electron chi connectivity index (χ1n) is 9.13. The predicted octanol–water partition coefficient (Wildman–Crippen LogP) is 3.65. The zero-order valence-electron chi connectivity index (χ0n) is 15.8. The standard InChI is InChI=1S/C22H20N2O4S/c1-14(15-6-9-18(10-7-15)29(23,26)27)24-21(25)12-17-13-28-20-11-8-16-4-2-3-5-19(16)22(17)20/h2-11,13-14H,12H2,1H3,(H,24,25)(H2,23,26,27). The second kappa shape index (κ2) is 7.35. The highest BCUT2D eigenvalue weighted by molar-refractivity contribution is 7.89. The molecule has 1 aromatic heterocycles. The summed E-state index contributed by atoms with van der Waals surface area (Å²) in [6, 6.07) is 17.8. The molecule has 0 saturated carbocycles. The van der Waals surface area contributed by atoms with Crippen molar-refractivity contribution in [3.05, 3.63) is 78.1 Å². The van der Waals surface area contributed by atoms with Crippen molar-refractivity contribution in [2.24, 2.45) is 5.14 Å². The van der Waals surface area contributed by atoms with Crippen LogP contribution in [0.4, 0.5) is 0 Å². The highest BCUT2D eigenvalue weighted by Gasteiger charge is 2.16. The number of fused-ring (bicyclic) bond motifs is 3. The van der Waals surface area contributed by atoms with Gasteiger partial charge in [-0.15, -0.1) is 0 Å². The molecule has 4 rings (SSSR count). The summed E-state index contributed by atoms with van der Waals surface area (Å²) in [6.07, 6.45) is 1.81. The lowest BCUT2D eigenvalue weighted by Crippen LogP contribution is -2.28. The molecular weight excluding hydrogens is 388 g/mol. The number of hydrogen-bond acceptors (Lipinski definition) is 4. The molecule has 3 aromatic carbocycles. The van der Waals surface area contributed by atoms with Crippen molar-refractivity contribution in [2.75, 3.05) is 0 Å². The summed E-state index contributed by atoms with van der Waals surface area (Å²) >= 11 is 0. The van der Waals surface area contributed by atoms with Gasteiger partial charge in [-0.2, -0.15) is 0 Å². The van der Waals surface area contributed by atoms with E-state index in [0.29, 0.717) is 0 Å². The normalized spacial score (nSPS) is 12.9. The molecule has 1 amide bonds. The van der Waals surface area contributed by atoms with Gasteiger partial charge in [0.05, 0.1) is 23.6 Å². The molecule has 0 radical (unpaired) electrons. The van der Waals surface area contributed by atoms with Gasteiger partial charge in [0.15, 0.2) is 0 Å². The van der Waals surface area contributed by atoms with Gasteiger partial charge in [0.25, 0.3) is 0 Å². The van der Waals surface area contributed by atoms with Gasteiger partial charge in [0.1, 0.15) is 5.58 Å². The van der Waals surface area contributed by atoms with Gasteiger partial charge >= 0.3 is 0 Å². The van der Waals surface area contributed by atoms with Gasteiger partial charge in [-0.25, -0.2) is 13.6 Å². The summed E-state index contributed by atoms with van der Waals surface area (Å²) in [7, 11) is -3.74. The molecule has 3 N–H and O–H groups in total. The van der Waals surface area contributed by atoms with Gasteiger partial charge in [-0.05, 0) is 41.5 Å². The summed E-state index contributed by atoms with van der Waals surface area (Å²) in [5.41, 5.74) is 2.36. The quantitative estimate of drug-likeness (QED) is 0.526. The van der Waals surface area contributed by atoms with Gasteiger partial charge in [0, 0.05) is 10.9 Å². The Hall–Kier alpha value is -3.16. The Morgan fingerprint density at radius 3 is 2.52 bits per heavy atom. The van der Waals surface area contributed by atoms with Crippen LogP contribution in [0, 0.1) is 0 Å². The first kappa shape index (κ1) is 19.2. The smallest absolute Gasteiger partial charge is 0.238 e. The molecule has 1 atom stereocenters. The van der Waals surface area contributed by atoms with Crippen LogP contribution < -0.4 is 10.5 Å². The maximum absolute atomic E-state index is 12.6. The van der Waals surface area contributed by atoms with E-state index >= 15 is 0 Å². The molecule has 1 heterocycles. The minimum absolute atomic E-state index is 0.0384. The molecule has 1 unspecified atom stereocenters. The van der Waals surface area contributed by atoms with Crippen molar-refractivity contribution >= 4 is 37.7 Å². The predicted molar refractivity (Wildman–Crippen MR) is 112 cm³/mol. The fraction of sp³-hybridized carbons (Fsp3) is 0.136. The molecule has 29 heavy (non-hydrogen) atoms. The molecule has 0 fully saturated rings. The van der Waals surface area contributed by atoms with Crippen LogP contribution in [-0.4, -0.2) is 14.3 Å². The number of benzene rings is 3. The molecule has 0 bridgehead atoms. The molecular formula is C22H20N2O4S. The zero-order valence-corrected chi connectivity index (χ0v) is 16.6. The van der Waals surface area contributed by atoms with Crippen LogP contribution in [0.3, 0.4) is 0 Å². The Morgan fingerprint density at radius 1 is 1.07 bits per heavy atom. The maximum atomic E-state index is 12.6. The Balaban J connectivity index is 1.53. The van der Waals surface area contributed by atoms with E-state index in [9.17, 15) is 13.2 Å². The van der Waals surface area contributed by atoms with E-state index in [2.05, 4.69) is 5.32 Å². The fourth-order valence-corrected chi connectivity index (χ4v) is 4.02. The van der Waals surface area contributed by atoms with Crippen molar-refractivity contribution in [1.82, 2.24) is 5.32 Å². The fourth-order valence-electron chi connectivity index (χ4n) is 3.50. The number of primary sulfonamides is 1. The Labute approximate surface area is 168 Å². The average Bonchev–Trinajstić information content (AvgIpc) is 3.10. The lowest BCUT2D eigenvalue weighted by Gasteiger charge is -2.14. The average molecular weight is 408 g/mol. The lowest BCUT2D eigenvalue weighted by atomic mass is 10.0. The minimum atomic E-state index is -3.74. The van der Waals surface area contributed by atoms with Crippen molar-refractivity contribution in [1.29, 1.82) is 0 Å². The van der Waals surface area contributed by atoms with E-state index in [0.717, 1.165) is 32.9 Å². The van der Waals surface area contributed by atoms with E-state index in [-0.39, 0.29) is 23.3 Å². The van der Waals surface area contributed by atoms with E-state index in [4.69, 9.17) is 9.56 Å². The summed E-state index contributed by atoms with van der Waals surface area (Å²) < 4.78 is 28.4. The minimum Gasteiger partial charge on any atom is -0.464 e. The molecule has 148 valence electrons. The van der Waals surface area contributed by atoms with Crippen LogP contribution in [0.2, 0.25) is 0 Å². The SMILES string of the molecule is CC(NC(=O)Cc1coc2ccc3ccccc3c12)c1ccc(S(N)(=O)=O)cc1. The summed E-state index contributed by atoms with van der Waals surface area (Å²) in [5.74, 6) is -0.149. The highest BCUT2D eigenvalue weighted by atomic mass is 32.2. The lowest BCUT2D eigenvalue weighted by molar-refractivity contribution is -0.121. The number of sulfonamides is 1. The number of carbonyl (C=O) groups excluding carboxylic acids is 1. The van der Waals surface area contributed by atoms with E-state index in [1.807, 2.05) is 43.3 Å². The van der Waals surface area contributed by atoms with Crippen molar-refractivity contribution < 1.29 is 17.6 Å². The van der Waals surface area contributed by atoms with Crippen LogP contribution >= 0.6 is 0 Å². The Morgan fingerprint density at radius 2 is 1.79 bits per heavy atom. The molecule has 0 aliphatic carbocycles. The van der Waals surface area contributed by atoms with E-state index in [1.165, 1.54) is 12.1 Å². The first-order valence-corrected chi connectivity index (χ1v) is 10.7. The van der Waals surface area contributed by atoms with Crippen LogP contribution in [0.5, 0.6) is 0 Å². The summed E-state index contributed by atoms with van der Waals surface area (Å²) in [4.78, 5) is 12.7. The van der Waals surface area contributed by atoms with Crippen molar-refractivity contribution in [3.63, 3.8) is 0 Å². The molecule has 4 aromatic rings. The van der Waals surface area contributed by atoms with Gasteiger partial charge in [-0.1, -0.05) is 42.5 Å².